The number of nitrogens with one attached hydrogen (secondary N) is 2. The smallest absolute Gasteiger partial charge is 0.307 e. The molecule has 2 N–H and O–H groups in total. The first-order chi connectivity index (χ1) is 25.2. The second-order valence-electron chi connectivity index (χ2n) is 11.5. The number of carbonyl (C=O) groups excluding carboxylic acids is 2. The Morgan fingerprint density at radius 1 is 0.692 bits per heavy atom. The molecule has 11 heteroatoms. The van der Waals surface area contributed by atoms with Crippen molar-refractivity contribution in [1.29, 1.82) is 0 Å². The van der Waals surface area contributed by atoms with Gasteiger partial charge in [-0.3, -0.25) is 14.3 Å². The fourth-order valence-electron chi connectivity index (χ4n) is 5.35. The van der Waals surface area contributed by atoms with Crippen LogP contribution in [0.3, 0.4) is 0 Å². The van der Waals surface area contributed by atoms with Crippen LogP contribution in [0.2, 0.25) is 5.02 Å². The number of sulfonamides is 1. The van der Waals surface area contributed by atoms with Gasteiger partial charge in [0.2, 0.25) is 0 Å². The van der Waals surface area contributed by atoms with E-state index in [-0.39, 0.29) is 27.6 Å². The maximum Gasteiger partial charge on any atom is 0.307 e. The quantitative estimate of drug-likeness (QED) is 0.114. The van der Waals surface area contributed by atoms with E-state index in [9.17, 15) is 18.0 Å². The Bertz CT molecular complexity index is 2270. The zero-order chi connectivity index (χ0) is 36.5. The number of methoxy groups -OCH3 is 1. The Labute approximate surface area is 306 Å². The standard InChI is InChI=1S/C41H33ClN2O7S/c1-49-40(45)27-38(29-18-16-28(17-19-29)35-14-8-9-15-39(35)51-32-12-6-3-7-13-32)43-41(46)36-26-30(42)20-25-37(36)44-52(47,48)34-23-21-33(22-24-34)50-31-10-4-2-5-11-31/h2-26,38,44H,27H2,1H3,(H,43,46). The molecule has 6 aromatic carbocycles. The molecule has 0 spiro atoms. The number of benzene rings is 6. The van der Waals surface area contributed by atoms with Crippen molar-refractivity contribution in [2.24, 2.45) is 0 Å². The third-order valence-electron chi connectivity index (χ3n) is 7.97. The van der Waals surface area contributed by atoms with Crippen molar-refractivity contribution >= 4 is 39.2 Å². The minimum atomic E-state index is -4.14. The van der Waals surface area contributed by atoms with Gasteiger partial charge < -0.3 is 19.5 Å². The number of anilines is 1. The highest BCUT2D eigenvalue weighted by Gasteiger charge is 2.24. The van der Waals surface area contributed by atoms with Crippen molar-refractivity contribution in [3.05, 3.63) is 168 Å². The van der Waals surface area contributed by atoms with Crippen LogP contribution in [0.5, 0.6) is 23.0 Å². The van der Waals surface area contributed by atoms with Gasteiger partial charge in [0.05, 0.1) is 35.7 Å². The molecule has 0 saturated heterocycles. The zero-order valence-corrected chi connectivity index (χ0v) is 29.4. The van der Waals surface area contributed by atoms with E-state index in [0.29, 0.717) is 28.6 Å². The normalized spacial score (nSPS) is 11.6. The fraction of sp³-hybridized carbons (Fsp3) is 0.0732. The Kier molecular flexibility index (Phi) is 11.2. The van der Waals surface area contributed by atoms with Gasteiger partial charge in [0, 0.05) is 10.6 Å². The predicted molar refractivity (Wildman–Crippen MR) is 200 cm³/mol. The van der Waals surface area contributed by atoms with Crippen molar-refractivity contribution in [2.75, 3.05) is 11.8 Å². The highest BCUT2D eigenvalue weighted by molar-refractivity contribution is 7.92. The number of para-hydroxylation sites is 3. The highest BCUT2D eigenvalue weighted by atomic mass is 35.5. The number of amides is 1. The summed E-state index contributed by atoms with van der Waals surface area (Å²) in [6.45, 7) is 0. The number of rotatable bonds is 13. The number of carbonyl (C=O) groups is 2. The highest BCUT2D eigenvalue weighted by Crippen LogP contribution is 2.34. The monoisotopic (exact) mass is 732 g/mol. The van der Waals surface area contributed by atoms with E-state index in [0.717, 1.165) is 11.1 Å². The van der Waals surface area contributed by atoms with Crippen molar-refractivity contribution < 1.29 is 32.2 Å². The SMILES string of the molecule is COC(=O)CC(NC(=O)c1cc(Cl)ccc1NS(=O)(=O)c1ccc(Oc2ccccc2)cc1)c1ccc(-c2ccccc2Oc2ccccc2)cc1. The van der Waals surface area contributed by atoms with Gasteiger partial charge in [-0.15, -0.1) is 0 Å². The van der Waals surface area contributed by atoms with Crippen LogP contribution in [0.15, 0.2) is 157 Å². The molecule has 0 aliphatic heterocycles. The molecule has 52 heavy (non-hydrogen) atoms. The van der Waals surface area contributed by atoms with E-state index >= 15 is 0 Å². The summed E-state index contributed by atoms with van der Waals surface area (Å²) in [5.74, 6) is 1.20. The summed E-state index contributed by atoms with van der Waals surface area (Å²) in [5, 5.41) is 3.08. The van der Waals surface area contributed by atoms with E-state index < -0.39 is 27.9 Å². The summed E-state index contributed by atoms with van der Waals surface area (Å²) in [4.78, 5) is 26.3. The van der Waals surface area contributed by atoms with Crippen LogP contribution in [0.25, 0.3) is 11.1 Å². The summed E-state index contributed by atoms with van der Waals surface area (Å²) in [6, 6.07) is 42.8. The van der Waals surface area contributed by atoms with Crippen molar-refractivity contribution in [2.45, 2.75) is 17.4 Å². The number of hydrogen-bond acceptors (Lipinski definition) is 7. The molecule has 0 fully saturated rings. The van der Waals surface area contributed by atoms with Gasteiger partial charge in [-0.1, -0.05) is 90.5 Å². The third kappa shape index (κ3) is 8.97. The zero-order valence-electron chi connectivity index (χ0n) is 27.9. The summed E-state index contributed by atoms with van der Waals surface area (Å²) in [5.41, 5.74) is 2.27. The number of hydrogen-bond donors (Lipinski definition) is 2. The molecule has 0 saturated carbocycles. The number of halogens is 1. The fourth-order valence-corrected chi connectivity index (χ4v) is 6.60. The first kappa shape index (κ1) is 35.7. The molecule has 0 bridgehead atoms. The van der Waals surface area contributed by atoms with Crippen LogP contribution in [-0.2, 0) is 19.6 Å². The lowest BCUT2D eigenvalue weighted by Crippen LogP contribution is -2.31. The molecule has 262 valence electrons. The average molecular weight is 733 g/mol. The van der Waals surface area contributed by atoms with Crippen LogP contribution >= 0.6 is 11.6 Å². The van der Waals surface area contributed by atoms with Crippen LogP contribution < -0.4 is 19.5 Å². The topological polar surface area (TPSA) is 120 Å². The summed E-state index contributed by atoms with van der Waals surface area (Å²) < 4.78 is 46.2. The second kappa shape index (κ2) is 16.3. The summed E-state index contributed by atoms with van der Waals surface area (Å²) in [6.07, 6.45) is -0.186. The number of esters is 1. The predicted octanol–water partition coefficient (Wildman–Crippen LogP) is 9.43. The van der Waals surface area contributed by atoms with Crippen molar-refractivity contribution in [3.8, 4) is 34.1 Å². The van der Waals surface area contributed by atoms with E-state index in [4.69, 9.17) is 25.8 Å². The van der Waals surface area contributed by atoms with Gasteiger partial charge in [0.25, 0.3) is 15.9 Å². The Morgan fingerprint density at radius 2 is 1.29 bits per heavy atom. The van der Waals surface area contributed by atoms with Gasteiger partial charge in [0.15, 0.2) is 0 Å². The van der Waals surface area contributed by atoms with Gasteiger partial charge in [-0.2, -0.15) is 0 Å². The van der Waals surface area contributed by atoms with E-state index in [2.05, 4.69) is 10.0 Å². The molecule has 9 nitrogen and oxygen atoms in total. The maximum atomic E-state index is 13.8. The minimum Gasteiger partial charge on any atom is -0.469 e. The second-order valence-corrected chi connectivity index (χ2v) is 13.6. The molecule has 0 heterocycles. The van der Waals surface area contributed by atoms with Crippen LogP contribution in [0.1, 0.15) is 28.4 Å². The number of ether oxygens (including phenoxy) is 3. The van der Waals surface area contributed by atoms with Crippen LogP contribution in [0.4, 0.5) is 5.69 Å². The lowest BCUT2D eigenvalue weighted by Gasteiger charge is -2.20. The molecule has 6 aromatic rings. The Morgan fingerprint density at radius 3 is 1.94 bits per heavy atom. The molecule has 0 aromatic heterocycles. The van der Waals surface area contributed by atoms with E-state index in [1.54, 1.807) is 24.3 Å². The Hall–Kier alpha value is -6.10. The molecule has 0 aliphatic carbocycles. The largest absolute Gasteiger partial charge is 0.469 e. The summed E-state index contributed by atoms with van der Waals surface area (Å²) >= 11 is 6.28. The van der Waals surface area contributed by atoms with Crippen LogP contribution in [0, 0.1) is 0 Å². The lowest BCUT2D eigenvalue weighted by atomic mass is 9.98. The molecule has 1 amide bonds. The first-order valence-electron chi connectivity index (χ1n) is 16.1. The molecule has 0 aliphatic rings. The van der Waals surface area contributed by atoms with E-state index in [1.807, 2.05) is 84.9 Å². The average Bonchev–Trinajstić information content (AvgIpc) is 3.16. The van der Waals surface area contributed by atoms with Crippen LogP contribution in [-0.4, -0.2) is 27.4 Å². The van der Waals surface area contributed by atoms with Crippen molar-refractivity contribution in [1.82, 2.24) is 5.32 Å². The van der Waals surface area contributed by atoms with Gasteiger partial charge in [-0.25, -0.2) is 8.42 Å². The van der Waals surface area contributed by atoms with Crippen molar-refractivity contribution in [3.63, 3.8) is 0 Å². The van der Waals surface area contributed by atoms with Gasteiger partial charge in [0.1, 0.15) is 23.0 Å². The molecule has 6 rings (SSSR count). The maximum absolute atomic E-state index is 13.8. The molecule has 1 unspecified atom stereocenters. The van der Waals surface area contributed by atoms with E-state index in [1.165, 1.54) is 49.6 Å². The lowest BCUT2D eigenvalue weighted by molar-refractivity contribution is -0.141. The molecular weight excluding hydrogens is 700 g/mol. The molecular formula is C41H33ClN2O7S. The molecule has 0 radical (unpaired) electrons. The van der Waals surface area contributed by atoms with Gasteiger partial charge >= 0.3 is 5.97 Å². The van der Waals surface area contributed by atoms with Gasteiger partial charge in [-0.05, 0) is 83.9 Å². The minimum absolute atomic E-state index is 0.00583. The Balaban J connectivity index is 1.22. The molecule has 1 atom stereocenters. The summed E-state index contributed by atoms with van der Waals surface area (Å²) in [7, 11) is -2.88. The first-order valence-corrected chi connectivity index (χ1v) is 18.0. The third-order valence-corrected chi connectivity index (χ3v) is 9.59.